The third-order valence-electron chi connectivity index (χ3n) is 6.21. The van der Waals surface area contributed by atoms with E-state index in [1.165, 1.54) is 37.6 Å². The number of benzene rings is 1. The highest BCUT2D eigenvalue weighted by molar-refractivity contribution is 6.45. The van der Waals surface area contributed by atoms with Gasteiger partial charge in [0.05, 0.1) is 29.8 Å². The first-order chi connectivity index (χ1) is 18.0. The molecule has 1 aromatic carbocycles. The van der Waals surface area contributed by atoms with Gasteiger partial charge in [-0.15, -0.1) is 0 Å². The summed E-state index contributed by atoms with van der Waals surface area (Å²) in [6.07, 6.45) is 4.55. The first-order valence-electron chi connectivity index (χ1n) is 11.7. The fourth-order valence-corrected chi connectivity index (χ4v) is 4.41. The minimum Gasteiger partial charge on any atom is -0.494 e. The number of methoxy groups -OCH3 is 1. The zero-order chi connectivity index (χ0) is 25.9. The van der Waals surface area contributed by atoms with Gasteiger partial charge in [0.1, 0.15) is 25.0 Å². The lowest BCUT2D eigenvalue weighted by molar-refractivity contribution is -0.127. The van der Waals surface area contributed by atoms with Crippen LogP contribution in [0.2, 0.25) is 0 Å². The summed E-state index contributed by atoms with van der Waals surface area (Å²) >= 11 is 0. The van der Waals surface area contributed by atoms with Crippen molar-refractivity contribution in [3.05, 3.63) is 66.0 Å². The van der Waals surface area contributed by atoms with Gasteiger partial charge >= 0.3 is 0 Å². The number of H-pyrrole nitrogens is 1. The normalized spacial score (nSPS) is 14.2. The molecule has 0 spiro atoms. The zero-order valence-corrected chi connectivity index (χ0v) is 20.7. The highest BCUT2D eigenvalue weighted by atomic mass is 16.6. The Morgan fingerprint density at radius 3 is 2.41 bits per heavy atom. The molecular formula is C25H26N8O4. The van der Waals surface area contributed by atoms with E-state index in [1.54, 1.807) is 11.8 Å². The molecule has 12 heteroatoms. The summed E-state index contributed by atoms with van der Waals surface area (Å²) in [5.74, 6) is 0.880. The lowest BCUT2D eigenvalue weighted by Gasteiger charge is -2.35. The predicted octanol–water partition coefficient (Wildman–Crippen LogP) is 1.80. The largest absolute Gasteiger partial charge is 0.494 e. The van der Waals surface area contributed by atoms with Gasteiger partial charge < -0.3 is 24.4 Å². The van der Waals surface area contributed by atoms with Gasteiger partial charge in [0.15, 0.2) is 11.7 Å². The molecule has 190 valence electrons. The van der Waals surface area contributed by atoms with Crippen molar-refractivity contribution in [2.45, 2.75) is 6.92 Å². The van der Waals surface area contributed by atoms with Crippen molar-refractivity contribution in [3.63, 3.8) is 0 Å². The molecule has 4 heterocycles. The molecule has 0 radical (unpaired) electrons. The van der Waals surface area contributed by atoms with E-state index in [4.69, 9.17) is 9.57 Å². The molecule has 1 fully saturated rings. The number of amidine groups is 1. The number of aromatic nitrogens is 5. The fourth-order valence-electron chi connectivity index (χ4n) is 4.41. The Balaban J connectivity index is 1.37. The molecule has 1 N–H and O–H groups in total. The van der Waals surface area contributed by atoms with E-state index in [2.05, 4.69) is 25.2 Å². The molecule has 1 aliphatic rings. The summed E-state index contributed by atoms with van der Waals surface area (Å²) in [6.45, 7) is 3.51. The third-order valence-corrected chi connectivity index (χ3v) is 6.21. The number of fused-ring (bicyclic) bond motifs is 1. The number of ether oxygens (including phenoxy) is 1. The molecule has 0 bridgehead atoms. The molecule has 0 unspecified atom stereocenters. The van der Waals surface area contributed by atoms with E-state index in [0.29, 0.717) is 60.3 Å². The second-order valence-corrected chi connectivity index (χ2v) is 8.41. The summed E-state index contributed by atoms with van der Waals surface area (Å²) in [7, 11) is 2.99. The van der Waals surface area contributed by atoms with Crippen LogP contribution >= 0.6 is 0 Å². The van der Waals surface area contributed by atoms with Crippen molar-refractivity contribution < 1.29 is 19.2 Å². The van der Waals surface area contributed by atoms with Crippen molar-refractivity contribution in [1.29, 1.82) is 0 Å². The van der Waals surface area contributed by atoms with E-state index >= 15 is 0 Å². The first kappa shape index (κ1) is 24.0. The van der Waals surface area contributed by atoms with Gasteiger partial charge in [-0.05, 0) is 6.92 Å². The molecule has 1 aliphatic heterocycles. The smallest absolute Gasteiger partial charge is 0.295 e. The lowest BCUT2D eigenvalue weighted by Crippen LogP contribution is -2.52. The molecule has 5 rings (SSSR count). The van der Waals surface area contributed by atoms with Gasteiger partial charge in [0, 0.05) is 37.9 Å². The average molecular weight is 503 g/mol. The number of Topliss-reactive ketones (excluding diaryl/α,β-unsaturated/α-hetero) is 1. The van der Waals surface area contributed by atoms with Gasteiger partial charge in [-0.1, -0.05) is 35.5 Å². The Bertz CT molecular complexity index is 1470. The monoisotopic (exact) mass is 502 g/mol. The van der Waals surface area contributed by atoms with Crippen LogP contribution in [0.4, 0.5) is 0 Å². The number of nitrogens with one attached hydrogen (secondary N) is 1. The number of amides is 1. The Kier molecular flexibility index (Phi) is 6.54. The van der Waals surface area contributed by atoms with Crippen LogP contribution in [0.1, 0.15) is 21.7 Å². The maximum absolute atomic E-state index is 13.4. The molecule has 3 aromatic heterocycles. The molecular weight excluding hydrogens is 476 g/mol. The van der Waals surface area contributed by atoms with Crippen LogP contribution in [0.15, 0.2) is 54.2 Å². The number of ketones is 1. The highest BCUT2D eigenvalue weighted by Crippen LogP contribution is 2.32. The second kappa shape index (κ2) is 10.1. The summed E-state index contributed by atoms with van der Waals surface area (Å²) in [6, 6.07) is 9.70. The summed E-state index contributed by atoms with van der Waals surface area (Å²) in [5, 5.41) is 8.96. The number of aromatic amines is 1. The number of aryl methyl sites for hydroxylation is 1. The fraction of sp³-hybridized carbons (Fsp3) is 0.280. The molecule has 0 saturated carbocycles. The van der Waals surface area contributed by atoms with E-state index < -0.39 is 11.7 Å². The van der Waals surface area contributed by atoms with Crippen LogP contribution < -0.4 is 4.74 Å². The van der Waals surface area contributed by atoms with Gasteiger partial charge in [0.25, 0.3) is 11.7 Å². The molecule has 37 heavy (non-hydrogen) atoms. The first-order valence-corrected chi connectivity index (χ1v) is 11.7. The van der Waals surface area contributed by atoms with E-state index in [1.807, 2.05) is 35.2 Å². The number of piperazine rings is 1. The van der Waals surface area contributed by atoms with Crippen LogP contribution in [0, 0.1) is 6.92 Å². The number of carbonyl (C=O) groups is 2. The predicted molar refractivity (Wildman–Crippen MR) is 135 cm³/mol. The van der Waals surface area contributed by atoms with E-state index in [-0.39, 0.29) is 5.56 Å². The molecule has 0 atom stereocenters. The lowest BCUT2D eigenvalue weighted by atomic mass is 10.1. The standard InChI is InChI=1S/C25H26N8O4/c1-16-28-15-33(29-16)24-21-20(19(36-2)14-27-24)18(13-26-21)22(34)25(35)32-11-9-31(10-12-32)23(30-37-3)17-7-5-4-6-8-17/h4-8,13-15,26H,9-12H2,1-3H3. The number of hydrogen-bond donors (Lipinski definition) is 1. The van der Waals surface area contributed by atoms with Gasteiger partial charge in [-0.25, -0.2) is 14.6 Å². The van der Waals surface area contributed by atoms with Gasteiger partial charge in [-0.3, -0.25) is 9.59 Å². The quantitative estimate of drug-likeness (QED) is 0.139. The number of nitrogens with zero attached hydrogens (tertiary/aromatic N) is 7. The Morgan fingerprint density at radius 2 is 1.76 bits per heavy atom. The summed E-state index contributed by atoms with van der Waals surface area (Å²) in [4.78, 5) is 47.0. The Labute approximate surface area is 212 Å². The number of carbonyl (C=O) groups excluding carboxylic acids is 2. The third kappa shape index (κ3) is 4.48. The van der Waals surface area contributed by atoms with Crippen LogP contribution in [0.25, 0.3) is 16.7 Å². The van der Waals surface area contributed by atoms with Crippen LogP contribution in [-0.2, 0) is 9.63 Å². The van der Waals surface area contributed by atoms with Crippen molar-refractivity contribution in [3.8, 4) is 11.6 Å². The second-order valence-electron chi connectivity index (χ2n) is 8.41. The average Bonchev–Trinajstić information content (AvgIpc) is 3.58. The maximum Gasteiger partial charge on any atom is 0.295 e. The molecule has 1 amide bonds. The molecule has 1 saturated heterocycles. The van der Waals surface area contributed by atoms with Crippen molar-refractivity contribution in [2.24, 2.45) is 5.16 Å². The zero-order valence-electron chi connectivity index (χ0n) is 20.7. The van der Waals surface area contributed by atoms with Crippen LogP contribution in [0.3, 0.4) is 0 Å². The van der Waals surface area contributed by atoms with Crippen molar-refractivity contribution >= 4 is 28.4 Å². The topological polar surface area (TPSA) is 131 Å². The maximum atomic E-state index is 13.4. The SMILES string of the molecule is CON=C(c1ccccc1)N1CCN(C(=O)C(=O)c2c[nH]c3c(-n4cnc(C)n4)ncc(OC)c23)CC1. The summed E-state index contributed by atoms with van der Waals surface area (Å²) in [5.41, 5.74) is 1.65. The van der Waals surface area contributed by atoms with Gasteiger partial charge in [-0.2, -0.15) is 5.10 Å². The summed E-state index contributed by atoms with van der Waals surface area (Å²) < 4.78 is 6.98. The number of oxime groups is 1. The van der Waals surface area contributed by atoms with Crippen molar-refractivity contribution in [1.82, 2.24) is 34.5 Å². The molecule has 0 aliphatic carbocycles. The number of pyridine rings is 1. The van der Waals surface area contributed by atoms with Crippen molar-refractivity contribution in [2.75, 3.05) is 40.4 Å². The van der Waals surface area contributed by atoms with E-state index in [0.717, 1.165) is 5.56 Å². The molecule has 4 aromatic rings. The minimum absolute atomic E-state index is 0.214. The van der Waals surface area contributed by atoms with Gasteiger partial charge in [0.2, 0.25) is 0 Å². The van der Waals surface area contributed by atoms with Crippen LogP contribution in [0.5, 0.6) is 5.75 Å². The number of hydrogen-bond acceptors (Lipinski definition) is 8. The number of rotatable bonds is 6. The molecule has 12 nitrogen and oxygen atoms in total. The Hall–Kier alpha value is -4.74. The highest BCUT2D eigenvalue weighted by Gasteiger charge is 2.31. The minimum atomic E-state index is -0.626. The Morgan fingerprint density at radius 1 is 1.03 bits per heavy atom. The van der Waals surface area contributed by atoms with Crippen LogP contribution in [-0.4, -0.2) is 92.5 Å². The van der Waals surface area contributed by atoms with E-state index in [9.17, 15) is 9.59 Å².